The summed E-state index contributed by atoms with van der Waals surface area (Å²) < 4.78 is 0.197. The molecule has 1 heterocycles. The van der Waals surface area contributed by atoms with Gasteiger partial charge in [0.15, 0.2) is 0 Å². The largest absolute Gasteiger partial charge is 0.316 e. The fourth-order valence-electron chi connectivity index (χ4n) is 3.59. The number of aryl methyl sites for hydroxylation is 1. The number of carbonyl (C=O) groups is 1. The zero-order chi connectivity index (χ0) is 16.8. The van der Waals surface area contributed by atoms with E-state index in [9.17, 15) is 10.1 Å². The maximum atomic E-state index is 12.6. The highest BCUT2D eigenvalue weighted by Gasteiger charge is 2.60. The summed E-state index contributed by atoms with van der Waals surface area (Å²) in [4.78, 5) is 13.9. The second kappa shape index (κ2) is 6.12. The van der Waals surface area contributed by atoms with E-state index in [0.717, 1.165) is 31.2 Å². The quantitative estimate of drug-likeness (QED) is 0.813. The Labute approximate surface area is 150 Å². The molecule has 1 aromatic heterocycles. The molecule has 3 rings (SSSR count). The second-order valence-electron chi connectivity index (χ2n) is 6.80. The van der Waals surface area contributed by atoms with Crippen molar-refractivity contribution < 1.29 is 4.79 Å². The van der Waals surface area contributed by atoms with Crippen LogP contribution in [0.2, 0.25) is 0 Å². The smallest absolute Gasteiger partial charge is 0.229 e. The zero-order valence-electron chi connectivity index (χ0n) is 13.1. The van der Waals surface area contributed by atoms with Crippen LogP contribution in [0.4, 0.5) is 5.00 Å². The van der Waals surface area contributed by atoms with Crippen molar-refractivity contribution in [3.63, 3.8) is 0 Å². The molecule has 0 bridgehead atoms. The summed E-state index contributed by atoms with van der Waals surface area (Å²) in [5, 5.41) is 13.1. The highest BCUT2D eigenvalue weighted by atomic mass is 35.5. The Morgan fingerprint density at radius 2 is 2.09 bits per heavy atom. The van der Waals surface area contributed by atoms with Gasteiger partial charge in [0.1, 0.15) is 15.6 Å². The molecule has 2 aliphatic rings. The topological polar surface area (TPSA) is 52.9 Å². The summed E-state index contributed by atoms with van der Waals surface area (Å²) in [6.07, 6.45) is 5.95. The number of nitrogens with one attached hydrogen (secondary N) is 1. The SMILES string of the molecule is CC1(C)[C@H](C=C(Cl)Cl)[C@@H]1C(=O)Nc1sc2c(c1C#N)CCCC2. The fraction of sp³-hybridized carbons (Fsp3) is 0.529. The molecule has 6 heteroatoms. The molecule has 1 fully saturated rings. The number of nitrogens with zero attached hydrogens (tertiary/aromatic N) is 1. The van der Waals surface area contributed by atoms with Gasteiger partial charge < -0.3 is 5.32 Å². The fourth-order valence-corrected chi connectivity index (χ4v) is 5.10. The molecule has 0 spiro atoms. The van der Waals surface area contributed by atoms with Crippen LogP contribution in [0.1, 0.15) is 42.7 Å². The number of hydrogen-bond donors (Lipinski definition) is 1. The number of halogens is 2. The Hall–Kier alpha value is -1.02. The lowest BCUT2D eigenvalue weighted by molar-refractivity contribution is -0.118. The first-order valence-corrected chi connectivity index (χ1v) is 9.31. The van der Waals surface area contributed by atoms with Gasteiger partial charge in [0.05, 0.1) is 11.5 Å². The van der Waals surface area contributed by atoms with E-state index >= 15 is 0 Å². The Balaban J connectivity index is 1.81. The van der Waals surface area contributed by atoms with Gasteiger partial charge in [-0.15, -0.1) is 11.3 Å². The molecular weight excluding hydrogens is 351 g/mol. The number of thiophene rings is 1. The number of rotatable bonds is 3. The minimum absolute atomic E-state index is 0.0348. The van der Waals surface area contributed by atoms with Gasteiger partial charge in [-0.25, -0.2) is 0 Å². The van der Waals surface area contributed by atoms with Crippen LogP contribution < -0.4 is 5.32 Å². The third-order valence-corrected chi connectivity index (χ3v) is 6.48. The predicted octanol–water partition coefficient (Wildman–Crippen LogP) is 5.03. The van der Waals surface area contributed by atoms with E-state index in [0.29, 0.717) is 10.6 Å². The number of amides is 1. The Morgan fingerprint density at radius 3 is 2.74 bits per heavy atom. The van der Waals surface area contributed by atoms with Crippen LogP contribution >= 0.6 is 34.5 Å². The number of carbonyl (C=O) groups excluding carboxylic acids is 1. The molecule has 0 unspecified atom stereocenters. The van der Waals surface area contributed by atoms with Gasteiger partial charge >= 0.3 is 0 Å². The standard InChI is InChI=1S/C17H18Cl2N2OS/c1-17(2)11(7-13(18)19)14(17)15(22)21-16-10(8-20)9-5-3-4-6-12(9)23-16/h7,11,14H,3-6H2,1-2H3,(H,21,22)/t11-,14-/m1/s1. The highest BCUT2D eigenvalue weighted by molar-refractivity contribution is 7.16. The van der Waals surface area contributed by atoms with E-state index < -0.39 is 0 Å². The van der Waals surface area contributed by atoms with E-state index in [2.05, 4.69) is 11.4 Å². The summed E-state index contributed by atoms with van der Waals surface area (Å²) in [5.41, 5.74) is 1.62. The molecule has 2 atom stereocenters. The third-order valence-electron chi connectivity index (χ3n) is 5.02. The lowest BCUT2D eigenvalue weighted by Gasteiger charge is -2.09. The molecule has 122 valence electrons. The van der Waals surface area contributed by atoms with E-state index in [-0.39, 0.29) is 27.6 Å². The second-order valence-corrected chi connectivity index (χ2v) is 8.91. The molecular formula is C17H18Cl2N2OS. The van der Waals surface area contributed by atoms with Crippen LogP contribution in [0.15, 0.2) is 10.6 Å². The first kappa shape index (κ1) is 16.8. The van der Waals surface area contributed by atoms with Crippen LogP contribution in [0.5, 0.6) is 0 Å². The monoisotopic (exact) mass is 368 g/mol. The zero-order valence-corrected chi connectivity index (χ0v) is 15.4. The molecule has 3 nitrogen and oxygen atoms in total. The van der Waals surface area contributed by atoms with Crippen molar-refractivity contribution in [1.29, 1.82) is 5.26 Å². The molecule has 1 N–H and O–H groups in total. The molecule has 0 radical (unpaired) electrons. The minimum atomic E-state index is -0.166. The van der Waals surface area contributed by atoms with E-state index in [1.807, 2.05) is 13.8 Å². The van der Waals surface area contributed by atoms with E-state index in [1.165, 1.54) is 4.88 Å². The molecule has 1 saturated carbocycles. The first-order valence-electron chi connectivity index (χ1n) is 7.74. The van der Waals surface area contributed by atoms with Gasteiger partial charge in [-0.2, -0.15) is 5.26 Å². The van der Waals surface area contributed by atoms with E-state index in [1.54, 1.807) is 17.4 Å². The average molecular weight is 369 g/mol. The van der Waals surface area contributed by atoms with Crippen LogP contribution in [0, 0.1) is 28.6 Å². The Bertz CT molecular complexity index is 726. The van der Waals surface area contributed by atoms with Gasteiger partial charge in [0.25, 0.3) is 0 Å². The summed E-state index contributed by atoms with van der Waals surface area (Å²) >= 11 is 13.0. The summed E-state index contributed by atoms with van der Waals surface area (Å²) in [7, 11) is 0. The Kier molecular flexibility index (Phi) is 4.48. The van der Waals surface area contributed by atoms with Crippen LogP contribution in [0.25, 0.3) is 0 Å². The molecule has 23 heavy (non-hydrogen) atoms. The molecule has 2 aliphatic carbocycles. The van der Waals surface area contributed by atoms with Gasteiger partial charge in [0.2, 0.25) is 5.91 Å². The van der Waals surface area contributed by atoms with Crippen molar-refractivity contribution in [2.75, 3.05) is 5.32 Å². The lowest BCUT2D eigenvalue weighted by atomic mass is 9.96. The number of nitriles is 1. The third kappa shape index (κ3) is 3.03. The van der Waals surface area contributed by atoms with Gasteiger partial charge in [-0.05, 0) is 48.7 Å². The van der Waals surface area contributed by atoms with Crippen LogP contribution in [-0.2, 0) is 17.6 Å². The van der Waals surface area contributed by atoms with Gasteiger partial charge in [-0.3, -0.25) is 4.79 Å². The predicted molar refractivity (Wildman–Crippen MR) is 94.9 cm³/mol. The molecule has 1 aromatic rings. The summed E-state index contributed by atoms with van der Waals surface area (Å²) in [6.45, 7) is 4.06. The first-order chi connectivity index (χ1) is 10.9. The molecule has 0 aromatic carbocycles. The summed E-state index contributed by atoms with van der Waals surface area (Å²) in [5.74, 6) is -0.186. The molecule has 0 aliphatic heterocycles. The van der Waals surface area contributed by atoms with Crippen molar-refractivity contribution >= 4 is 45.4 Å². The number of allylic oxidation sites excluding steroid dienone is 1. The van der Waals surface area contributed by atoms with Crippen molar-refractivity contribution in [2.45, 2.75) is 39.5 Å². The van der Waals surface area contributed by atoms with Crippen molar-refractivity contribution in [3.8, 4) is 6.07 Å². The molecule has 0 saturated heterocycles. The van der Waals surface area contributed by atoms with Crippen molar-refractivity contribution in [1.82, 2.24) is 0 Å². The lowest BCUT2D eigenvalue weighted by Crippen LogP contribution is -2.16. The van der Waals surface area contributed by atoms with Crippen molar-refractivity contribution in [3.05, 3.63) is 26.6 Å². The number of hydrogen-bond acceptors (Lipinski definition) is 3. The highest BCUT2D eigenvalue weighted by Crippen LogP contribution is 2.60. The van der Waals surface area contributed by atoms with Crippen molar-refractivity contribution in [2.24, 2.45) is 17.3 Å². The average Bonchev–Trinajstić information content (AvgIpc) is 2.86. The van der Waals surface area contributed by atoms with Crippen LogP contribution in [0.3, 0.4) is 0 Å². The normalized spacial score (nSPS) is 24.3. The maximum Gasteiger partial charge on any atom is 0.229 e. The van der Waals surface area contributed by atoms with Crippen LogP contribution in [-0.4, -0.2) is 5.91 Å². The van der Waals surface area contributed by atoms with Gasteiger partial charge in [-0.1, -0.05) is 37.0 Å². The number of anilines is 1. The maximum absolute atomic E-state index is 12.6. The Morgan fingerprint density at radius 1 is 1.39 bits per heavy atom. The van der Waals surface area contributed by atoms with E-state index in [4.69, 9.17) is 23.2 Å². The number of fused-ring (bicyclic) bond motifs is 1. The minimum Gasteiger partial charge on any atom is -0.316 e. The molecule has 1 amide bonds. The summed E-state index contributed by atoms with van der Waals surface area (Å²) in [6, 6.07) is 2.27. The van der Waals surface area contributed by atoms with Gasteiger partial charge in [0, 0.05) is 4.88 Å².